The summed E-state index contributed by atoms with van der Waals surface area (Å²) in [5, 5.41) is 9.22. The molecule has 0 aliphatic heterocycles. The molecule has 2 N–H and O–H groups in total. The Bertz CT molecular complexity index is 1140. The highest BCUT2D eigenvalue weighted by molar-refractivity contribution is 6.03. The van der Waals surface area contributed by atoms with E-state index in [2.05, 4.69) is 15.7 Å². The minimum absolute atomic E-state index is 0.0632. The molecule has 7 nitrogen and oxygen atoms in total. The van der Waals surface area contributed by atoms with Gasteiger partial charge in [-0.1, -0.05) is 30.3 Å². The van der Waals surface area contributed by atoms with E-state index in [4.69, 9.17) is 0 Å². The highest BCUT2D eigenvalue weighted by atomic mass is 19.1. The highest BCUT2D eigenvalue weighted by Crippen LogP contribution is 2.17. The molecule has 0 atom stereocenters. The molecule has 29 heavy (non-hydrogen) atoms. The zero-order valence-corrected chi connectivity index (χ0v) is 15.9. The summed E-state index contributed by atoms with van der Waals surface area (Å²) in [6.07, 6.45) is 0.0632. The van der Waals surface area contributed by atoms with E-state index in [-0.39, 0.29) is 23.7 Å². The fourth-order valence-electron chi connectivity index (χ4n) is 2.81. The van der Waals surface area contributed by atoms with Gasteiger partial charge < -0.3 is 10.6 Å². The van der Waals surface area contributed by atoms with Crippen LogP contribution in [0.2, 0.25) is 0 Å². The standard InChI is InChI=1S/C21H19FN4O3/c1-13-11-18(27)20(25-26(13)17-10-6-4-8-15(17)22)21(29)24-16-9-5-3-7-14(16)12-19(28)23-2/h3-11H,12H2,1-2H3,(H,23,28)(H,24,29). The monoisotopic (exact) mass is 394 g/mol. The molecular weight excluding hydrogens is 375 g/mol. The van der Waals surface area contributed by atoms with Crippen LogP contribution in [0.3, 0.4) is 0 Å². The number of nitrogens with one attached hydrogen (secondary N) is 2. The number of benzene rings is 2. The molecule has 3 aromatic rings. The first kappa shape index (κ1) is 19.9. The average Bonchev–Trinajstić information content (AvgIpc) is 2.70. The second-order valence-corrected chi connectivity index (χ2v) is 6.32. The molecule has 0 fully saturated rings. The van der Waals surface area contributed by atoms with Gasteiger partial charge >= 0.3 is 0 Å². The highest BCUT2D eigenvalue weighted by Gasteiger charge is 2.18. The maximum absolute atomic E-state index is 14.2. The van der Waals surface area contributed by atoms with Crippen LogP contribution in [0.15, 0.2) is 59.4 Å². The first-order valence-corrected chi connectivity index (χ1v) is 8.86. The summed E-state index contributed by atoms with van der Waals surface area (Å²) >= 11 is 0. The molecule has 1 heterocycles. The van der Waals surface area contributed by atoms with Crippen molar-refractivity contribution in [1.29, 1.82) is 0 Å². The molecule has 0 radical (unpaired) electrons. The number of hydrogen-bond donors (Lipinski definition) is 2. The number of para-hydroxylation sites is 2. The number of carbonyl (C=O) groups excluding carboxylic acids is 2. The Morgan fingerprint density at radius 3 is 2.52 bits per heavy atom. The summed E-state index contributed by atoms with van der Waals surface area (Å²) in [4.78, 5) is 36.8. The minimum atomic E-state index is -0.746. The Morgan fingerprint density at radius 2 is 1.79 bits per heavy atom. The molecule has 0 saturated carbocycles. The lowest BCUT2D eigenvalue weighted by Gasteiger charge is -2.13. The Kier molecular flexibility index (Phi) is 5.82. The van der Waals surface area contributed by atoms with Crippen LogP contribution in [-0.2, 0) is 11.2 Å². The molecule has 0 saturated heterocycles. The first-order valence-electron chi connectivity index (χ1n) is 8.86. The molecule has 0 aliphatic carbocycles. The largest absolute Gasteiger partial charge is 0.359 e. The van der Waals surface area contributed by atoms with Gasteiger partial charge in [0.1, 0.15) is 11.5 Å². The lowest BCUT2D eigenvalue weighted by atomic mass is 10.1. The van der Waals surface area contributed by atoms with Gasteiger partial charge in [0.15, 0.2) is 5.69 Å². The number of anilines is 1. The molecule has 8 heteroatoms. The summed E-state index contributed by atoms with van der Waals surface area (Å²) in [6, 6.07) is 13.9. The third kappa shape index (κ3) is 4.37. The van der Waals surface area contributed by atoms with Crippen LogP contribution >= 0.6 is 0 Å². The second kappa shape index (κ2) is 8.47. The number of amides is 2. The van der Waals surface area contributed by atoms with E-state index in [1.54, 1.807) is 37.3 Å². The molecule has 2 amide bonds. The van der Waals surface area contributed by atoms with Crippen molar-refractivity contribution in [1.82, 2.24) is 15.1 Å². The molecule has 1 aromatic heterocycles. The zero-order chi connectivity index (χ0) is 21.0. The Labute approximate surface area is 166 Å². The smallest absolute Gasteiger partial charge is 0.280 e. The zero-order valence-electron chi connectivity index (χ0n) is 15.9. The van der Waals surface area contributed by atoms with Gasteiger partial charge in [-0.3, -0.25) is 14.4 Å². The molecular formula is C21H19FN4O3. The van der Waals surface area contributed by atoms with Crippen LogP contribution < -0.4 is 16.1 Å². The third-order valence-electron chi connectivity index (χ3n) is 4.30. The van der Waals surface area contributed by atoms with Gasteiger partial charge in [0.25, 0.3) is 5.91 Å². The normalized spacial score (nSPS) is 10.4. The van der Waals surface area contributed by atoms with E-state index >= 15 is 0 Å². The second-order valence-electron chi connectivity index (χ2n) is 6.32. The minimum Gasteiger partial charge on any atom is -0.359 e. The lowest BCUT2D eigenvalue weighted by molar-refractivity contribution is -0.119. The van der Waals surface area contributed by atoms with E-state index in [0.717, 1.165) is 0 Å². The number of hydrogen-bond acceptors (Lipinski definition) is 4. The van der Waals surface area contributed by atoms with Gasteiger partial charge in [-0.2, -0.15) is 5.10 Å². The molecule has 3 rings (SSSR count). The van der Waals surface area contributed by atoms with E-state index in [9.17, 15) is 18.8 Å². The van der Waals surface area contributed by atoms with Crippen LogP contribution in [0.4, 0.5) is 10.1 Å². The van der Waals surface area contributed by atoms with E-state index in [0.29, 0.717) is 16.9 Å². The SMILES string of the molecule is CNC(=O)Cc1ccccc1NC(=O)c1nn(-c2ccccc2F)c(C)cc1=O. The molecule has 0 unspecified atom stereocenters. The lowest BCUT2D eigenvalue weighted by Crippen LogP contribution is -2.28. The van der Waals surface area contributed by atoms with Gasteiger partial charge in [0.2, 0.25) is 11.3 Å². The first-order chi connectivity index (χ1) is 13.9. The van der Waals surface area contributed by atoms with E-state index < -0.39 is 17.2 Å². The number of aromatic nitrogens is 2. The van der Waals surface area contributed by atoms with Crippen LogP contribution in [-0.4, -0.2) is 28.6 Å². The number of halogens is 1. The summed E-state index contributed by atoms with van der Waals surface area (Å²) in [7, 11) is 1.52. The molecule has 0 bridgehead atoms. The number of carbonyl (C=O) groups is 2. The molecule has 0 spiro atoms. The Morgan fingerprint density at radius 1 is 1.10 bits per heavy atom. The molecule has 148 valence electrons. The summed E-state index contributed by atoms with van der Waals surface area (Å²) in [5.41, 5.74) is 0.516. The van der Waals surface area contributed by atoms with Crippen molar-refractivity contribution in [3.05, 3.63) is 87.6 Å². The van der Waals surface area contributed by atoms with Crippen molar-refractivity contribution in [2.75, 3.05) is 12.4 Å². The topological polar surface area (TPSA) is 93.1 Å². The summed E-state index contributed by atoms with van der Waals surface area (Å²) in [5.74, 6) is -1.50. The average molecular weight is 394 g/mol. The Hall–Kier alpha value is -3.81. The fraction of sp³-hybridized carbons (Fsp3) is 0.143. The van der Waals surface area contributed by atoms with Crippen LogP contribution in [0.5, 0.6) is 0 Å². The third-order valence-corrected chi connectivity index (χ3v) is 4.30. The number of likely N-dealkylation sites (N-methyl/N-ethyl adjacent to an activating group) is 1. The summed E-state index contributed by atoms with van der Waals surface area (Å²) in [6.45, 7) is 1.60. The summed E-state index contributed by atoms with van der Waals surface area (Å²) < 4.78 is 15.4. The van der Waals surface area contributed by atoms with Gasteiger partial charge in [0, 0.05) is 24.5 Å². The fourth-order valence-corrected chi connectivity index (χ4v) is 2.81. The predicted octanol–water partition coefficient (Wildman–Crippen LogP) is 2.22. The predicted molar refractivity (Wildman–Crippen MR) is 107 cm³/mol. The number of rotatable bonds is 5. The van der Waals surface area contributed by atoms with E-state index in [1.165, 1.54) is 36.0 Å². The van der Waals surface area contributed by atoms with Crippen LogP contribution in [0.25, 0.3) is 5.69 Å². The van der Waals surface area contributed by atoms with Gasteiger partial charge in [-0.05, 0) is 30.7 Å². The quantitative estimate of drug-likeness (QED) is 0.694. The van der Waals surface area contributed by atoms with Crippen molar-refractivity contribution >= 4 is 17.5 Å². The molecule has 2 aromatic carbocycles. The molecule has 0 aliphatic rings. The van der Waals surface area contributed by atoms with E-state index in [1.807, 2.05) is 0 Å². The van der Waals surface area contributed by atoms with Gasteiger partial charge in [-0.15, -0.1) is 0 Å². The van der Waals surface area contributed by atoms with Crippen LogP contribution in [0.1, 0.15) is 21.7 Å². The van der Waals surface area contributed by atoms with Crippen molar-refractivity contribution in [2.45, 2.75) is 13.3 Å². The maximum Gasteiger partial charge on any atom is 0.280 e. The van der Waals surface area contributed by atoms with Gasteiger partial charge in [0.05, 0.1) is 6.42 Å². The maximum atomic E-state index is 14.2. The van der Waals surface area contributed by atoms with Gasteiger partial charge in [-0.25, -0.2) is 9.07 Å². The van der Waals surface area contributed by atoms with Crippen molar-refractivity contribution in [3.63, 3.8) is 0 Å². The Balaban J connectivity index is 1.97. The van der Waals surface area contributed by atoms with Crippen molar-refractivity contribution < 1.29 is 14.0 Å². The number of aryl methyl sites for hydroxylation is 1. The number of nitrogens with zero attached hydrogens (tertiary/aromatic N) is 2. The van der Waals surface area contributed by atoms with Crippen molar-refractivity contribution in [3.8, 4) is 5.69 Å². The van der Waals surface area contributed by atoms with Crippen molar-refractivity contribution in [2.24, 2.45) is 0 Å². The van der Waals surface area contributed by atoms with Crippen LogP contribution in [0, 0.1) is 12.7 Å².